The first-order chi connectivity index (χ1) is 8.72. The fourth-order valence-corrected chi connectivity index (χ4v) is 1.71. The molecule has 1 aromatic rings. The summed E-state index contributed by atoms with van der Waals surface area (Å²) in [4.78, 5) is 0. The Hall–Kier alpha value is -1.43. The zero-order valence-electron chi connectivity index (χ0n) is 11.0. The highest BCUT2D eigenvalue weighted by atomic mass is 19.4. The van der Waals surface area contributed by atoms with E-state index in [1.807, 2.05) is 0 Å². The molecule has 0 aromatic heterocycles. The van der Waals surface area contributed by atoms with Crippen LogP contribution in [-0.4, -0.2) is 17.3 Å². The van der Waals surface area contributed by atoms with Crippen molar-refractivity contribution in [3.05, 3.63) is 23.8 Å². The molecule has 1 aromatic carbocycles. The van der Waals surface area contributed by atoms with E-state index in [1.165, 1.54) is 12.1 Å². The number of nitrogens with two attached hydrogens (primary N) is 1. The average molecular weight is 276 g/mol. The summed E-state index contributed by atoms with van der Waals surface area (Å²) < 4.78 is 38.6. The van der Waals surface area contributed by atoms with Crippen molar-refractivity contribution in [3.8, 4) is 0 Å². The second kappa shape index (κ2) is 5.69. The molecule has 0 unspecified atom stereocenters. The van der Waals surface area contributed by atoms with Crippen molar-refractivity contribution in [2.45, 2.75) is 38.5 Å². The highest BCUT2D eigenvalue weighted by molar-refractivity contribution is 5.59. The van der Waals surface area contributed by atoms with E-state index in [0.29, 0.717) is 12.8 Å². The maximum Gasteiger partial charge on any atom is 0.418 e. The Kier molecular flexibility index (Phi) is 4.68. The maximum absolute atomic E-state index is 12.9. The molecule has 6 heteroatoms. The van der Waals surface area contributed by atoms with Crippen molar-refractivity contribution in [3.63, 3.8) is 0 Å². The molecule has 0 aliphatic carbocycles. The zero-order valence-corrected chi connectivity index (χ0v) is 11.0. The first kappa shape index (κ1) is 15.6. The summed E-state index contributed by atoms with van der Waals surface area (Å²) in [6.07, 6.45) is -3.55. The van der Waals surface area contributed by atoms with E-state index < -0.39 is 17.3 Å². The van der Waals surface area contributed by atoms with Crippen molar-refractivity contribution in [1.29, 1.82) is 0 Å². The average Bonchev–Trinajstić information content (AvgIpc) is 2.36. The summed E-state index contributed by atoms with van der Waals surface area (Å²) in [6.45, 7) is 3.64. The molecule has 0 saturated heterocycles. The summed E-state index contributed by atoms with van der Waals surface area (Å²) in [7, 11) is 0. The fraction of sp³-hybridized carbons (Fsp3) is 0.538. The Morgan fingerprint density at radius 1 is 1.21 bits per heavy atom. The molecule has 0 saturated carbocycles. The van der Waals surface area contributed by atoms with Crippen molar-refractivity contribution >= 4 is 11.4 Å². The standard InChI is InChI=1S/C13H19F3N2O/c1-3-12(19,4-2)8-18-11-6-5-9(17)7-10(11)13(14,15)16/h5-7,18-19H,3-4,8,17H2,1-2H3. The third-order valence-corrected chi connectivity index (χ3v) is 3.27. The molecule has 1 rings (SSSR count). The van der Waals surface area contributed by atoms with Crippen LogP contribution < -0.4 is 11.1 Å². The third-order valence-electron chi connectivity index (χ3n) is 3.27. The van der Waals surface area contributed by atoms with Crippen molar-refractivity contribution in [1.82, 2.24) is 0 Å². The van der Waals surface area contributed by atoms with Gasteiger partial charge in [0.2, 0.25) is 0 Å². The Bertz CT molecular complexity index is 428. The highest BCUT2D eigenvalue weighted by Gasteiger charge is 2.34. The van der Waals surface area contributed by atoms with E-state index in [9.17, 15) is 18.3 Å². The van der Waals surface area contributed by atoms with E-state index in [0.717, 1.165) is 6.07 Å². The molecule has 108 valence electrons. The summed E-state index contributed by atoms with van der Waals surface area (Å²) in [6, 6.07) is 3.57. The highest BCUT2D eigenvalue weighted by Crippen LogP contribution is 2.36. The van der Waals surface area contributed by atoms with Gasteiger partial charge in [0.05, 0.1) is 11.2 Å². The Morgan fingerprint density at radius 2 is 1.79 bits per heavy atom. The lowest BCUT2D eigenvalue weighted by Gasteiger charge is -2.27. The van der Waals surface area contributed by atoms with Gasteiger partial charge in [-0.25, -0.2) is 0 Å². The summed E-state index contributed by atoms with van der Waals surface area (Å²) in [5.41, 5.74) is 3.54. The van der Waals surface area contributed by atoms with E-state index in [2.05, 4.69) is 5.32 Å². The second-order valence-corrected chi connectivity index (χ2v) is 4.59. The smallest absolute Gasteiger partial charge is 0.399 e. The van der Waals surface area contributed by atoms with E-state index in [-0.39, 0.29) is 17.9 Å². The van der Waals surface area contributed by atoms with Gasteiger partial charge in [-0.2, -0.15) is 13.2 Å². The quantitative estimate of drug-likeness (QED) is 0.723. The predicted molar refractivity (Wildman–Crippen MR) is 69.9 cm³/mol. The minimum Gasteiger partial charge on any atom is -0.399 e. The van der Waals surface area contributed by atoms with Crippen LogP contribution in [0, 0.1) is 0 Å². The van der Waals surface area contributed by atoms with Gasteiger partial charge in [0.1, 0.15) is 0 Å². The molecule has 0 radical (unpaired) electrons. The summed E-state index contributed by atoms with van der Waals surface area (Å²) >= 11 is 0. The van der Waals surface area contributed by atoms with E-state index in [1.54, 1.807) is 13.8 Å². The number of anilines is 2. The summed E-state index contributed by atoms with van der Waals surface area (Å²) in [5.74, 6) is 0. The molecule has 0 aliphatic heterocycles. The van der Waals surface area contributed by atoms with E-state index in [4.69, 9.17) is 5.73 Å². The molecule has 0 atom stereocenters. The van der Waals surface area contributed by atoms with Gasteiger partial charge in [0.15, 0.2) is 0 Å². The largest absolute Gasteiger partial charge is 0.418 e. The topological polar surface area (TPSA) is 58.3 Å². The maximum atomic E-state index is 12.9. The lowest BCUT2D eigenvalue weighted by Crippen LogP contribution is -2.35. The Labute approximate surface area is 110 Å². The van der Waals surface area contributed by atoms with Crippen LogP contribution in [0.5, 0.6) is 0 Å². The predicted octanol–water partition coefficient (Wildman–Crippen LogP) is 3.25. The van der Waals surface area contributed by atoms with Crippen LogP contribution in [0.25, 0.3) is 0 Å². The number of halogens is 3. The molecule has 3 nitrogen and oxygen atoms in total. The molecular formula is C13H19F3N2O. The molecule has 0 aliphatic rings. The van der Waals surface area contributed by atoms with Crippen LogP contribution in [0.3, 0.4) is 0 Å². The molecule has 0 spiro atoms. The van der Waals surface area contributed by atoms with Gasteiger partial charge in [-0.3, -0.25) is 0 Å². The van der Waals surface area contributed by atoms with Gasteiger partial charge in [-0.15, -0.1) is 0 Å². The van der Waals surface area contributed by atoms with Gasteiger partial charge in [-0.1, -0.05) is 13.8 Å². The second-order valence-electron chi connectivity index (χ2n) is 4.59. The number of benzene rings is 1. The summed E-state index contributed by atoms with van der Waals surface area (Å²) in [5, 5.41) is 12.7. The molecule has 19 heavy (non-hydrogen) atoms. The first-order valence-corrected chi connectivity index (χ1v) is 6.15. The van der Waals surface area contributed by atoms with Crippen molar-refractivity contribution in [2.24, 2.45) is 0 Å². The number of nitrogens with one attached hydrogen (secondary N) is 1. The zero-order chi connectivity index (χ0) is 14.7. The van der Waals surface area contributed by atoms with Crippen LogP contribution in [-0.2, 0) is 6.18 Å². The normalized spacial score (nSPS) is 12.5. The first-order valence-electron chi connectivity index (χ1n) is 6.15. The van der Waals surface area contributed by atoms with Crippen molar-refractivity contribution in [2.75, 3.05) is 17.6 Å². The van der Waals surface area contributed by atoms with Crippen LogP contribution >= 0.6 is 0 Å². The van der Waals surface area contributed by atoms with E-state index >= 15 is 0 Å². The molecule has 4 N–H and O–H groups in total. The molecule has 0 fully saturated rings. The molecular weight excluding hydrogens is 257 g/mol. The monoisotopic (exact) mass is 276 g/mol. The number of nitrogen functional groups attached to an aromatic ring is 1. The van der Waals surface area contributed by atoms with Gasteiger partial charge < -0.3 is 16.2 Å². The van der Waals surface area contributed by atoms with Gasteiger partial charge in [0, 0.05) is 17.9 Å². The van der Waals surface area contributed by atoms with Crippen molar-refractivity contribution < 1.29 is 18.3 Å². The number of hydrogen-bond acceptors (Lipinski definition) is 3. The van der Waals surface area contributed by atoms with Crippen LogP contribution in [0.4, 0.5) is 24.5 Å². The minimum atomic E-state index is -4.48. The molecule has 0 bridgehead atoms. The number of rotatable bonds is 5. The van der Waals surface area contributed by atoms with Gasteiger partial charge in [-0.05, 0) is 31.0 Å². The third kappa shape index (κ3) is 4.02. The fourth-order valence-electron chi connectivity index (χ4n) is 1.71. The lowest BCUT2D eigenvalue weighted by molar-refractivity contribution is -0.137. The number of alkyl halides is 3. The lowest BCUT2D eigenvalue weighted by atomic mass is 9.97. The number of aliphatic hydroxyl groups is 1. The van der Waals surface area contributed by atoms with Gasteiger partial charge >= 0.3 is 6.18 Å². The molecule has 0 amide bonds. The van der Waals surface area contributed by atoms with Crippen LogP contribution in [0.2, 0.25) is 0 Å². The Morgan fingerprint density at radius 3 is 2.26 bits per heavy atom. The van der Waals surface area contributed by atoms with Gasteiger partial charge in [0.25, 0.3) is 0 Å². The SMILES string of the molecule is CCC(O)(CC)CNc1ccc(N)cc1C(F)(F)F. The number of hydrogen-bond donors (Lipinski definition) is 3. The molecule has 0 heterocycles. The Balaban J connectivity index is 2.96. The minimum absolute atomic E-state index is 0.0547. The van der Waals surface area contributed by atoms with Crippen LogP contribution in [0.15, 0.2) is 18.2 Å². The van der Waals surface area contributed by atoms with Crippen LogP contribution in [0.1, 0.15) is 32.3 Å².